The maximum Gasteiger partial charge on any atom is 0.242 e. The molecule has 0 aromatic heterocycles. The highest BCUT2D eigenvalue weighted by Gasteiger charge is 2.47. The van der Waals surface area contributed by atoms with Crippen LogP contribution in [0, 0.1) is 11.8 Å². The largest absolute Gasteiger partial charge is 0.352 e. The molecule has 172 valence electrons. The molecule has 1 fully saturated rings. The highest BCUT2D eigenvalue weighted by atomic mass is 35.5. The number of hydrogen-bond donors (Lipinski definition) is 1. The molecule has 1 aliphatic carbocycles. The van der Waals surface area contributed by atoms with Gasteiger partial charge >= 0.3 is 0 Å². The highest BCUT2D eigenvalue weighted by molar-refractivity contribution is 6.31. The van der Waals surface area contributed by atoms with Crippen LogP contribution in [0.5, 0.6) is 0 Å². The Bertz CT molecular complexity index is 904. The molecule has 0 spiro atoms. The monoisotopic (exact) mass is 459 g/mol. The number of imide groups is 1. The number of allylic oxidation sites excluding steroid dienone is 2. The fourth-order valence-electron chi connectivity index (χ4n) is 4.24. The van der Waals surface area contributed by atoms with Crippen molar-refractivity contribution in [2.24, 2.45) is 11.8 Å². The van der Waals surface area contributed by atoms with Crippen molar-refractivity contribution < 1.29 is 19.2 Å². The number of rotatable bonds is 8. The van der Waals surface area contributed by atoms with Gasteiger partial charge in [0.15, 0.2) is 0 Å². The summed E-state index contributed by atoms with van der Waals surface area (Å²) in [5.74, 6) is -1.65. The first-order valence-electron chi connectivity index (χ1n) is 11.0. The van der Waals surface area contributed by atoms with Crippen LogP contribution in [0.25, 0.3) is 0 Å². The molecule has 32 heavy (non-hydrogen) atoms. The lowest BCUT2D eigenvalue weighted by atomic mass is 9.85. The second-order valence-electron chi connectivity index (χ2n) is 8.69. The van der Waals surface area contributed by atoms with Gasteiger partial charge in [-0.3, -0.25) is 24.1 Å². The van der Waals surface area contributed by atoms with Crippen molar-refractivity contribution >= 4 is 35.2 Å². The number of carbonyl (C=O) groups is 4. The van der Waals surface area contributed by atoms with Crippen LogP contribution in [0.15, 0.2) is 36.4 Å². The van der Waals surface area contributed by atoms with Gasteiger partial charge in [0.1, 0.15) is 6.04 Å². The number of carbonyl (C=O) groups excluding carboxylic acids is 4. The van der Waals surface area contributed by atoms with Gasteiger partial charge in [-0.25, -0.2) is 0 Å². The molecule has 4 amide bonds. The minimum atomic E-state index is -0.738. The van der Waals surface area contributed by atoms with Crippen molar-refractivity contribution in [3.8, 4) is 0 Å². The van der Waals surface area contributed by atoms with Crippen molar-refractivity contribution in [3.05, 3.63) is 47.0 Å². The summed E-state index contributed by atoms with van der Waals surface area (Å²) in [4.78, 5) is 53.9. The van der Waals surface area contributed by atoms with E-state index in [1.807, 2.05) is 32.1 Å². The Hall–Kier alpha value is -2.67. The fourth-order valence-corrected chi connectivity index (χ4v) is 4.43. The second-order valence-corrected chi connectivity index (χ2v) is 9.09. The van der Waals surface area contributed by atoms with Gasteiger partial charge in [0.2, 0.25) is 23.6 Å². The molecule has 1 heterocycles. The third-order valence-electron chi connectivity index (χ3n) is 6.04. The number of likely N-dealkylation sites (tertiary alicyclic amines) is 1. The normalized spacial score (nSPS) is 21.0. The molecule has 1 N–H and O–H groups in total. The molecule has 8 heteroatoms. The van der Waals surface area contributed by atoms with E-state index >= 15 is 0 Å². The van der Waals surface area contributed by atoms with Crippen LogP contribution >= 0.6 is 11.6 Å². The van der Waals surface area contributed by atoms with Crippen LogP contribution in [0.2, 0.25) is 5.02 Å². The molecule has 1 aromatic carbocycles. The summed E-state index contributed by atoms with van der Waals surface area (Å²) in [6.45, 7) is 5.54. The summed E-state index contributed by atoms with van der Waals surface area (Å²) in [6, 6.07) is 6.35. The first kappa shape index (κ1) is 24.0. The van der Waals surface area contributed by atoms with Gasteiger partial charge in [0.05, 0.1) is 11.8 Å². The minimum absolute atomic E-state index is 0.0149. The van der Waals surface area contributed by atoms with Crippen molar-refractivity contribution in [2.75, 3.05) is 6.54 Å². The van der Waals surface area contributed by atoms with Crippen LogP contribution in [0.4, 0.5) is 0 Å². The first-order valence-corrected chi connectivity index (χ1v) is 11.4. The number of benzene rings is 1. The molecule has 0 bridgehead atoms. The third kappa shape index (κ3) is 5.21. The molecule has 1 unspecified atom stereocenters. The Labute approximate surface area is 193 Å². The fraction of sp³-hybridized carbons (Fsp3) is 0.500. The molecule has 0 saturated carbocycles. The van der Waals surface area contributed by atoms with E-state index < -0.39 is 6.04 Å². The zero-order valence-corrected chi connectivity index (χ0v) is 19.5. The van der Waals surface area contributed by atoms with Crippen LogP contribution in [0.3, 0.4) is 0 Å². The minimum Gasteiger partial charge on any atom is -0.352 e. The zero-order chi connectivity index (χ0) is 23.4. The molecule has 7 nitrogen and oxygen atoms in total. The number of hydrogen-bond acceptors (Lipinski definition) is 4. The van der Waals surface area contributed by atoms with Gasteiger partial charge in [0.25, 0.3) is 0 Å². The second kappa shape index (κ2) is 10.3. The standard InChI is InChI=1S/C24H30ClN3O4/c1-15(2)26-22(30)16(3)28(14-17-8-4-7-11-20(17)25)21(29)12-13-27-23(31)18-9-5-6-10-19(18)24(27)32/h4-8,11,15-16,18-19H,9-10,12-14H2,1-3H3,(H,26,30)/t16?,18-,19+. The van der Waals surface area contributed by atoms with Gasteiger partial charge in [-0.15, -0.1) is 0 Å². The van der Waals surface area contributed by atoms with Crippen LogP contribution < -0.4 is 5.32 Å². The maximum absolute atomic E-state index is 13.2. The molecule has 3 atom stereocenters. The Balaban J connectivity index is 1.73. The van der Waals surface area contributed by atoms with Crippen molar-refractivity contribution in [2.45, 2.75) is 58.7 Å². The number of nitrogens with zero attached hydrogens (tertiary/aromatic N) is 2. The van der Waals surface area contributed by atoms with E-state index in [4.69, 9.17) is 11.6 Å². The lowest BCUT2D eigenvalue weighted by Gasteiger charge is -2.30. The summed E-state index contributed by atoms with van der Waals surface area (Å²) >= 11 is 6.29. The predicted octanol–water partition coefficient (Wildman–Crippen LogP) is 2.92. The zero-order valence-electron chi connectivity index (χ0n) is 18.7. The van der Waals surface area contributed by atoms with Gasteiger partial charge in [0, 0.05) is 30.6 Å². The van der Waals surface area contributed by atoms with E-state index in [9.17, 15) is 19.2 Å². The highest BCUT2D eigenvalue weighted by Crippen LogP contribution is 2.35. The van der Waals surface area contributed by atoms with Crippen molar-refractivity contribution in [1.29, 1.82) is 0 Å². The molecule has 2 aliphatic rings. The molecule has 1 saturated heterocycles. The van der Waals surface area contributed by atoms with Gasteiger partial charge in [-0.2, -0.15) is 0 Å². The summed E-state index contributed by atoms with van der Waals surface area (Å²) < 4.78 is 0. The van der Waals surface area contributed by atoms with E-state index in [0.29, 0.717) is 17.9 Å². The van der Waals surface area contributed by atoms with E-state index in [-0.39, 0.29) is 61.0 Å². The lowest BCUT2D eigenvalue weighted by molar-refractivity contribution is -0.143. The quantitative estimate of drug-likeness (QED) is 0.478. The third-order valence-corrected chi connectivity index (χ3v) is 6.41. The summed E-state index contributed by atoms with van der Waals surface area (Å²) in [5.41, 5.74) is 0.720. The van der Waals surface area contributed by atoms with Crippen LogP contribution in [0.1, 0.15) is 45.6 Å². The Morgan fingerprint density at radius 2 is 1.69 bits per heavy atom. The Kier molecular flexibility index (Phi) is 7.72. The average molecular weight is 460 g/mol. The Morgan fingerprint density at radius 1 is 1.09 bits per heavy atom. The summed E-state index contributed by atoms with van der Waals surface area (Å²) in [7, 11) is 0. The number of amides is 4. The molecular weight excluding hydrogens is 430 g/mol. The number of nitrogens with one attached hydrogen (secondary N) is 1. The average Bonchev–Trinajstić information content (AvgIpc) is 3.00. The van der Waals surface area contributed by atoms with E-state index in [0.717, 1.165) is 5.56 Å². The van der Waals surface area contributed by atoms with Crippen LogP contribution in [-0.2, 0) is 25.7 Å². The van der Waals surface area contributed by atoms with E-state index in [2.05, 4.69) is 5.32 Å². The molecule has 1 aromatic rings. The van der Waals surface area contributed by atoms with Crippen molar-refractivity contribution in [3.63, 3.8) is 0 Å². The summed E-state index contributed by atoms with van der Waals surface area (Å²) in [5, 5.41) is 3.33. The topological polar surface area (TPSA) is 86.8 Å². The number of halogens is 1. The lowest BCUT2D eigenvalue weighted by Crippen LogP contribution is -2.49. The Morgan fingerprint density at radius 3 is 2.25 bits per heavy atom. The SMILES string of the molecule is CC(C)NC(=O)C(C)N(Cc1ccccc1Cl)C(=O)CCN1C(=O)[C@H]2CC=CC[C@H]2C1=O. The predicted molar refractivity (Wildman–Crippen MR) is 121 cm³/mol. The van der Waals surface area contributed by atoms with E-state index in [1.54, 1.807) is 25.1 Å². The molecule has 0 radical (unpaired) electrons. The van der Waals surface area contributed by atoms with Crippen molar-refractivity contribution in [1.82, 2.24) is 15.1 Å². The molecular formula is C24H30ClN3O4. The van der Waals surface area contributed by atoms with Crippen LogP contribution in [-0.4, -0.2) is 52.1 Å². The first-order chi connectivity index (χ1) is 15.2. The van der Waals surface area contributed by atoms with E-state index in [1.165, 1.54) is 9.80 Å². The number of fused-ring (bicyclic) bond motifs is 1. The summed E-state index contributed by atoms with van der Waals surface area (Å²) in [6.07, 6.45) is 4.94. The van der Waals surface area contributed by atoms with Gasteiger partial charge in [-0.05, 0) is 45.2 Å². The van der Waals surface area contributed by atoms with Gasteiger partial charge in [-0.1, -0.05) is 42.0 Å². The smallest absolute Gasteiger partial charge is 0.242 e. The molecule has 3 rings (SSSR count). The van der Waals surface area contributed by atoms with Gasteiger partial charge < -0.3 is 10.2 Å². The molecule has 1 aliphatic heterocycles. The maximum atomic E-state index is 13.2.